The molecule has 0 amide bonds. The van der Waals surface area contributed by atoms with Crippen molar-refractivity contribution in [3.05, 3.63) is 43.9 Å². The Morgan fingerprint density at radius 3 is 2.43 bits per heavy atom. The fourth-order valence-corrected chi connectivity index (χ4v) is 0.969. The maximum atomic E-state index is 12.8. The first-order chi connectivity index (χ1) is 6.37. The zero-order valence-corrected chi connectivity index (χ0v) is 6.71. The summed E-state index contributed by atoms with van der Waals surface area (Å²) in [7, 11) is 0. The SMILES string of the molecule is O=[N+]([O-])C1=CCC(O)([N+](=O)[O-])C=C1F. The van der Waals surface area contributed by atoms with E-state index in [9.17, 15) is 24.6 Å². The number of aliphatic hydroxyl groups is 1. The summed E-state index contributed by atoms with van der Waals surface area (Å²) in [6.07, 6.45) is 0.285. The third kappa shape index (κ3) is 1.59. The normalized spacial score (nSPS) is 26.4. The zero-order chi connectivity index (χ0) is 10.9. The molecule has 0 aromatic rings. The van der Waals surface area contributed by atoms with Crippen molar-refractivity contribution in [2.75, 3.05) is 0 Å². The van der Waals surface area contributed by atoms with Crippen LogP contribution in [0.2, 0.25) is 0 Å². The van der Waals surface area contributed by atoms with Crippen LogP contribution in [-0.2, 0) is 0 Å². The van der Waals surface area contributed by atoms with Crippen molar-refractivity contribution in [2.45, 2.75) is 12.1 Å². The van der Waals surface area contributed by atoms with E-state index in [0.717, 1.165) is 0 Å². The summed E-state index contributed by atoms with van der Waals surface area (Å²) >= 11 is 0. The van der Waals surface area contributed by atoms with Gasteiger partial charge in [-0.2, -0.15) is 4.39 Å². The Bertz CT molecular complexity index is 363. The minimum atomic E-state index is -2.58. The second kappa shape index (κ2) is 3.14. The van der Waals surface area contributed by atoms with Crippen molar-refractivity contribution in [1.29, 1.82) is 0 Å². The van der Waals surface area contributed by atoms with E-state index < -0.39 is 33.5 Å². The van der Waals surface area contributed by atoms with Gasteiger partial charge in [0.1, 0.15) is 0 Å². The van der Waals surface area contributed by atoms with Crippen LogP contribution in [0.5, 0.6) is 0 Å². The Hall–Kier alpha value is -1.83. The second-order valence-electron chi connectivity index (χ2n) is 2.68. The van der Waals surface area contributed by atoms with Crippen molar-refractivity contribution in [1.82, 2.24) is 0 Å². The predicted octanol–water partition coefficient (Wildman–Crippen LogP) is 0.369. The summed E-state index contributed by atoms with van der Waals surface area (Å²) in [6, 6.07) is 0. The lowest BCUT2D eigenvalue weighted by Gasteiger charge is -2.15. The minimum Gasteiger partial charge on any atom is -0.327 e. The highest BCUT2D eigenvalue weighted by Gasteiger charge is 2.43. The van der Waals surface area contributed by atoms with E-state index in [1.54, 1.807) is 0 Å². The first-order valence-corrected chi connectivity index (χ1v) is 3.47. The molecule has 14 heavy (non-hydrogen) atoms. The molecule has 0 saturated heterocycles. The van der Waals surface area contributed by atoms with Crippen LogP contribution in [0.1, 0.15) is 6.42 Å². The average Bonchev–Trinajstić information content (AvgIpc) is 2.02. The number of rotatable bonds is 2. The summed E-state index contributed by atoms with van der Waals surface area (Å²) in [5, 5.41) is 29.5. The number of halogens is 1. The van der Waals surface area contributed by atoms with E-state index in [4.69, 9.17) is 5.11 Å². The summed E-state index contributed by atoms with van der Waals surface area (Å²) < 4.78 is 12.8. The molecule has 0 spiro atoms. The number of hydrogen-bond acceptors (Lipinski definition) is 5. The standard InChI is InChI=1S/C6H5FN2O5/c7-4-3-6(10,9(13)14)2-1-5(4)8(11)12/h1,3,10H,2H2. The Morgan fingerprint density at radius 2 is 2.07 bits per heavy atom. The molecule has 0 aromatic heterocycles. The largest absolute Gasteiger partial charge is 0.349 e. The van der Waals surface area contributed by atoms with E-state index in [1.807, 2.05) is 0 Å². The number of nitro groups is 2. The van der Waals surface area contributed by atoms with Crippen molar-refractivity contribution in [3.63, 3.8) is 0 Å². The van der Waals surface area contributed by atoms with Gasteiger partial charge in [0, 0.05) is 6.08 Å². The van der Waals surface area contributed by atoms with Gasteiger partial charge in [0.2, 0.25) is 5.83 Å². The Morgan fingerprint density at radius 1 is 1.50 bits per heavy atom. The third-order valence-corrected chi connectivity index (χ3v) is 1.71. The van der Waals surface area contributed by atoms with Crippen LogP contribution in [0.25, 0.3) is 0 Å². The summed E-state index contributed by atoms with van der Waals surface area (Å²) in [5.74, 6) is -1.40. The topological polar surface area (TPSA) is 107 Å². The van der Waals surface area contributed by atoms with Gasteiger partial charge in [-0.3, -0.25) is 20.2 Å². The summed E-state index contributed by atoms with van der Waals surface area (Å²) in [6.45, 7) is 0. The lowest BCUT2D eigenvalue weighted by atomic mass is 10.0. The quantitative estimate of drug-likeness (QED) is 0.397. The molecule has 0 aliphatic heterocycles. The molecule has 7 nitrogen and oxygen atoms in total. The lowest BCUT2D eigenvalue weighted by molar-refractivity contribution is -0.608. The van der Waals surface area contributed by atoms with Crippen LogP contribution in [0.3, 0.4) is 0 Å². The molecule has 8 heteroatoms. The summed E-state index contributed by atoms with van der Waals surface area (Å²) in [4.78, 5) is 18.3. The van der Waals surface area contributed by atoms with Crippen molar-refractivity contribution >= 4 is 0 Å². The molecule has 1 aliphatic carbocycles. The van der Waals surface area contributed by atoms with Gasteiger partial charge in [0.15, 0.2) is 0 Å². The highest BCUT2D eigenvalue weighted by atomic mass is 19.1. The Labute approximate surface area is 76.4 Å². The highest BCUT2D eigenvalue weighted by Crippen LogP contribution is 2.27. The maximum absolute atomic E-state index is 12.8. The van der Waals surface area contributed by atoms with Crippen LogP contribution >= 0.6 is 0 Å². The molecule has 0 saturated carbocycles. The van der Waals surface area contributed by atoms with Gasteiger partial charge in [-0.25, -0.2) is 0 Å². The van der Waals surface area contributed by atoms with E-state index >= 15 is 0 Å². The van der Waals surface area contributed by atoms with Crippen LogP contribution in [0.15, 0.2) is 23.7 Å². The molecule has 1 N–H and O–H groups in total. The van der Waals surface area contributed by atoms with E-state index in [2.05, 4.69) is 0 Å². The molecular formula is C6H5FN2O5. The maximum Gasteiger partial charge on any atom is 0.349 e. The predicted molar refractivity (Wildman–Crippen MR) is 40.8 cm³/mol. The van der Waals surface area contributed by atoms with Crippen LogP contribution in [0.4, 0.5) is 4.39 Å². The average molecular weight is 204 g/mol. The van der Waals surface area contributed by atoms with Gasteiger partial charge in [-0.1, -0.05) is 0 Å². The van der Waals surface area contributed by atoms with E-state index in [1.165, 1.54) is 0 Å². The molecule has 76 valence electrons. The fourth-order valence-electron chi connectivity index (χ4n) is 0.969. The molecule has 0 heterocycles. The molecule has 1 unspecified atom stereocenters. The smallest absolute Gasteiger partial charge is 0.327 e. The van der Waals surface area contributed by atoms with Gasteiger partial charge in [-0.15, -0.1) is 0 Å². The molecule has 1 atom stereocenters. The molecule has 0 fully saturated rings. The number of hydrogen-bond donors (Lipinski definition) is 1. The fraction of sp³-hybridized carbons (Fsp3) is 0.333. The Kier molecular flexibility index (Phi) is 2.30. The molecule has 1 aliphatic rings. The van der Waals surface area contributed by atoms with E-state index in [0.29, 0.717) is 6.08 Å². The molecule has 0 aromatic carbocycles. The molecule has 0 bridgehead atoms. The van der Waals surface area contributed by atoms with Gasteiger partial charge in [-0.05, 0) is 0 Å². The second-order valence-corrected chi connectivity index (χ2v) is 2.68. The van der Waals surface area contributed by atoms with Crippen molar-refractivity contribution in [2.24, 2.45) is 0 Å². The van der Waals surface area contributed by atoms with Crippen LogP contribution < -0.4 is 0 Å². The van der Waals surface area contributed by atoms with Crippen molar-refractivity contribution in [3.8, 4) is 0 Å². The van der Waals surface area contributed by atoms with Gasteiger partial charge in [0.25, 0.3) is 0 Å². The van der Waals surface area contributed by atoms with Crippen molar-refractivity contribution < 1.29 is 19.3 Å². The number of nitrogens with zero attached hydrogens (tertiary/aromatic N) is 2. The monoisotopic (exact) mass is 204 g/mol. The first-order valence-electron chi connectivity index (χ1n) is 3.47. The Balaban J connectivity index is 3.03. The highest BCUT2D eigenvalue weighted by molar-refractivity contribution is 5.26. The number of allylic oxidation sites excluding steroid dienone is 1. The first kappa shape index (κ1) is 10.3. The molecule has 0 radical (unpaired) electrons. The van der Waals surface area contributed by atoms with E-state index in [-0.39, 0.29) is 6.08 Å². The lowest BCUT2D eigenvalue weighted by Crippen LogP contribution is -2.37. The zero-order valence-electron chi connectivity index (χ0n) is 6.71. The summed E-state index contributed by atoms with van der Waals surface area (Å²) in [5.41, 5.74) is -3.44. The molecular weight excluding hydrogens is 199 g/mol. The third-order valence-electron chi connectivity index (χ3n) is 1.71. The molecule has 1 rings (SSSR count). The van der Waals surface area contributed by atoms with Gasteiger partial charge >= 0.3 is 11.4 Å². The van der Waals surface area contributed by atoms with Gasteiger partial charge in [0.05, 0.1) is 22.3 Å². The van der Waals surface area contributed by atoms with Crippen LogP contribution in [-0.4, -0.2) is 20.7 Å². The minimum absolute atomic E-state index is 0.227. The van der Waals surface area contributed by atoms with Crippen LogP contribution in [0, 0.1) is 20.2 Å². The van der Waals surface area contributed by atoms with Gasteiger partial charge < -0.3 is 5.11 Å².